The molecule has 34 heavy (non-hydrogen) atoms. The van der Waals surface area contributed by atoms with Crippen LogP contribution in [0.4, 0.5) is 4.79 Å². The van der Waals surface area contributed by atoms with Gasteiger partial charge in [0.05, 0.1) is 18.3 Å². The van der Waals surface area contributed by atoms with Gasteiger partial charge in [0.2, 0.25) is 0 Å². The van der Waals surface area contributed by atoms with Crippen molar-refractivity contribution in [3.63, 3.8) is 0 Å². The lowest BCUT2D eigenvalue weighted by molar-refractivity contribution is -0.0163. The minimum absolute atomic E-state index is 0.0236. The van der Waals surface area contributed by atoms with Crippen molar-refractivity contribution >= 4 is 17.6 Å². The minimum Gasteiger partial charge on any atom is -0.332 e. The van der Waals surface area contributed by atoms with Gasteiger partial charge < -0.3 is 14.8 Å². The molecule has 4 saturated carbocycles. The van der Waals surface area contributed by atoms with Gasteiger partial charge >= 0.3 is 6.03 Å². The number of carbonyl (C=O) groups is 1. The van der Waals surface area contributed by atoms with Crippen LogP contribution >= 0.6 is 11.6 Å². The summed E-state index contributed by atoms with van der Waals surface area (Å²) in [6.07, 6.45) is 9.66. The van der Waals surface area contributed by atoms with E-state index in [1.54, 1.807) is 0 Å². The number of nitrogens with zero attached hydrogens (tertiary/aromatic N) is 2. The number of hydrogen-bond donors (Lipinski definition) is 1. The summed E-state index contributed by atoms with van der Waals surface area (Å²) in [6.45, 7) is 0.573. The molecule has 174 valence electrons. The van der Waals surface area contributed by atoms with Crippen LogP contribution in [0.25, 0.3) is 5.69 Å². The summed E-state index contributed by atoms with van der Waals surface area (Å²) in [5.41, 5.74) is 4.47. The third-order valence-corrected chi connectivity index (χ3v) is 9.07. The Balaban J connectivity index is 1.30. The largest absolute Gasteiger partial charge is 0.332 e. The Kier molecular flexibility index (Phi) is 4.64. The fourth-order valence-corrected chi connectivity index (χ4v) is 8.02. The molecular formula is C29H30ClN3O. The summed E-state index contributed by atoms with van der Waals surface area (Å²) >= 11 is 6.24. The number of para-hydroxylation sites is 1. The van der Waals surface area contributed by atoms with Crippen molar-refractivity contribution < 1.29 is 4.79 Å². The molecule has 0 saturated heterocycles. The second-order valence-electron chi connectivity index (χ2n) is 11.1. The first-order valence-corrected chi connectivity index (χ1v) is 13.0. The van der Waals surface area contributed by atoms with Gasteiger partial charge in [-0.1, -0.05) is 41.9 Å². The Morgan fingerprint density at radius 1 is 0.882 bits per heavy atom. The molecule has 5 aliphatic rings. The highest BCUT2D eigenvalue weighted by atomic mass is 35.5. The van der Waals surface area contributed by atoms with Gasteiger partial charge in [-0.3, -0.25) is 0 Å². The Morgan fingerprint density at radius 3 is 2.26 bits per heavy atom. The maximum absolute atomic E-state index is 14.2. The average Bonchev–Trinajstić information content (AvgIpc) is 3.23. The van der Waals surface area contributed by atoms with Gasteiger partial charge in [-0.2, -0.15) is 0 Å². The number of amides is 2. The molecule has 1 atom stereocenters. The van der Waals surface area contributed by atoms with E-state index in [1.165, 1.54) is 19.3 Å². The van der Waals surface area contributed by atoms with Crippen molar-refractivity contribution in [3.05, 3.63) is 88.7 Å². The quantitative estimate of drug-likeness (QED) is 0.442. The van der Waals surface area contributed by atoms with Crippen LogP contribution in [0.1, 0.15) is 61.4 Å². The van der Waals surface area contributed by atoms with E-state index in [0.29, 0.717) is 11.6 Å². The van der Waals surface area contributed by atoms with E-state index >= 15 is 0 Å². The number of carbonyl (C=O) groups excluding carboxylic acids is 1. The Labute approximate surface area is 205 Å². The number of hydrogen-bond acceptors (Lipinski definition) is 1. The summed E-state index contributed by atoms with van der Waals surface area (Å²) in [7, 11) is 0. The highest BCUT2D eigenvalue weighted by molar-refractivity contribution is 6.30. The first-order valence-electron chi connectivity index (χ1n) is 12.7. The van der Waals surface area contributed by atoms with Gasteiger partial charge in [0.1, 0.15) is 0 Å². The lowest BCUT2D eigenvalue weighted by Crippen LogP contribution is -2.62. The average molecular weight is 472 g/mol. The van der Waals surface area contributed by atoms with Crippen molar-refractivity contribution in [3.8, 4) is 5.69 Å². The number of nitrogens with one attached hydrogen (secondary N) is 1. The standard InChI is InChI=1S/C29H30ClN3O/c30-24-9-7-22(8-10-24)27-26-6-3-11-32(26)25-5-2-1-4-23(25)18-33(27)28(34)31-29-15-19-12-20(16-29)14-21(13-19)17-29/h1-11,19-21,27H,12-18H2,(H,31,34)/t19?,20?,21?,27-,29?/m0/s1. The van der Waals surface area contributed by atoms with Crippen molar-refractivity contribution in [2.45, 2.75) is 56.7 Å². The van der Waals surface area contributed by atoms with Crippen LogP contribution in [0.3, 0.4) is 0 Å². The smallest absolute Gasteiger partial charge is 0.318 e. The number of urea groups is 1. The fraction of sp³-hybridized carbons (Fsp3) is 0.414. The van der Waals surface area contributed by atoms with Crippen LogP contribution < -0.4 is 5.32 Å². The molecule has 1 aromatic heterocycles. The molecule has 2 heterocycles. The molecule has 4 nitrogen and oxygen atoms in total. The number of halogens is 1. The van der Waals surface area contributed by atoms with Gasteiger partial charge in [0, 0.05) is 22.5 Å². The molecule has 2 aromatic carbocycles. The normalized spacial score (nSPS) is 31.0. The van der Waals surface area contributed by atoms with Crippen molar-refractivity contribution in [1.29, 1.82) is 0 Å². The molecule has 4 bridgehead atoms. The maximum atomic E-state index is 14.2. The molecule has 1 N–H and O–H groups in total. The second kappa shape index (κ2) is 7.64. The summed E-state index contributed by atoms with van der Waals surface area (Å²) in [4.78, 5) is 16.3. The summed E-state index contributed by atoms with van der Waals surface area (Å²) < 4.78 is 2.24. The van der Waals surface area contributed by atoms with Crippen molar-refractivity contribution in [2.24, 2.45) is 17.8 Å². The molecule has 3 aromatic rings. The zero-order valence-electron chi connectivity index (χ0n) is 19.3. The third-order valence-electron chi connectivity index (χ3n) is 8.82. The minimum atomic E-state index is -0.187. The zero-order chi connectivity index (χ0) is 22.9. The van der Waals surface area contributed by atoms with E-state index in [1.807, 2.05) is 12.1 Å². The van der Waals surface area contributed by atoms with Crippen LogP contribution in [0.5, 0.6) is 0 Å². The first kappa shape index (κ1) is 20.6. The number of benzene rings is 2. The summed E-state index contributed by atoms with van der Waals surface area (Å²) in [5, 5.41) is 4.35. The van der Waals surface area contributed by atoms with E-state index < -0.39 is 0 Å². The first-order chi connectivity index (χ1) is 16.6. The van der Waals surface area contributed by atoms with Crippen LogP contribution in [-0.2, 0) is 6.54 Å². The van der Waals surface area contributed by atoms with Gasteiger partial charge in [-0.15, -0.1) is 0 Å². The van der Waals surface area contributed by atoms with Gasteiger partial charge in [-0.25, -0.2) is 4.79 Å². The predicted molar refractivity (Wildman–Crippen MR) is 134 cm³/mol. The number of rotatable bonds is 2. The fourth-order valence-electron chi connectivity index (χ4n) is 7.90. The SMILES string of the molecule is O=C(NC12CC3CC(CC(C3)C1)C2)N1Cc2ccccc2-n2cccc2[C@@H]1c1ccc(Cl)cc1. The van der Waals surface area contributed by atoms with Gasteiger partial charge in [0.15, 0.2) is 0 Å². The molecular weight excluding hydrogens is 442 g/mol. The van der Waals surface area contributed by atoms with E-state index in [4.69, 9.17) is 11.6 Å². The molecule has 0 spiro atoms. The highest BCUT2D eigenvalue weighted by Gasteiger charge is 2.52. The van der Waals surface area contributed by atoms with E-state index in [9.17, 15) is 4.79 Å². The maximum Gasteiger partial charge on any atom is 0.318 e. The molecule has 4 aliphatic carbocycles. The third kappa shape index (κ3) is 3.30. The Morgan fingerprint density at radius 2 is 1.56 bits per heavy atom. The van der Waals surface area contributed by atoms with E-state index in [2.05, 4.69) is 69.5 Å². The molecule has 2 amide bonds. The summed E-state index contributed by atoms with van der Waals surface area (Å²) in [6, 6.07) is 20.5. The predicted octanol–water partition coefficient (Wildman–Crippen LogP) is 6.71. The Hall–Kier alpha value is -2.72. The molecule has 1 aliphatic heterocycles. The van der Waals surface area contributed by atoms with Gasteiger partial charge in [0.25, 0.3) is 0 Å². The monoisotopic (exact) mass is 471 g/mol. The number of aromatic nitrogens is 1. The number of fused-ring (bicyclic) bond motifs is 3. The lowest BCUT2D eigenvalue weighted by Gasteiger charge is -2.57. The molecule has 8 rings (SSSR count). The molecule has 5 heteroatoms. The van der Waals surface area contributed by atoms with Crippen LogP contribution in [0, 0.1) is 17.8 Å². The van der Waals surface area contributed by atoms with E-state index in [-0.39, 0.29) is 17.6 Å². The molecule has 0 radical (unpaired) electrons. The van der Waals surface area contributed by atoms with Crippen molar-refractivity contribution in [2.75, 3.05) is 0 Å². The molecule has 4 fully saturated rings. The Bertz CT molecular complexity index is 1210. The zero-order valence-corrected chi connectivity index (χ0v) is 20.0. The van der Waals surface area contributed by atoms with Crippen LogP contribution in [0.15, 0.2) is 66.9 Å². The van der Waals surface area contributed by atoms with E-state index in [0.717, 1.165) is 59.5 Å². The summed E-state index contributed by atoms with van der Waals surface area (Å²) in [5.74, 6) is 2.38. The van der Waals surface area contributed by atoms with Crippen molar-refractivity contribution in [1.82, 2.24) is 14.8 Å². The topological polar surface area (TPSA) is 37.3 Å². The highest BCUT2D eigenvalue weighted by Crippen LogP contribution is 2.55. The molecule has 0 unspecified atom stereocenters. The van der Waals surface area contributed by atoms with Crippen LogP contribution in [-0.4, -0.2) is 21.0 Å². The van der Waals surface area contributed by atoms with Gasteiger partial charge in [-0.05, 0) is 97.7 Å². The van der Waals surface area contributed by atoms with Crippen LogP contribution in [0.2, 0.25) is 5.02 Å². The second-order valence-corrected chi connectivity index (χ2v) is 11.6. The lowest BCUT2D eigenvalue weighted by atomic mass is 9.53.